The molecule has 2 heterocycles. The first-order valence-electron chi connectivity index (χ1n) is 9.04. The van der Waals surface area contributed by atoms with Gasteiger partial charge in [-0.05, 0) is 44.0 Å². The van der Waals surface area contributed by atoms with E-state index >= 15 is 0 Å². The topological polar surface area (TPSA) is 104 Å². The quantitative estimate of drug-likeness (QED) is 0.542. The second kappa shape index (κ2) is 10.1. The van der Waals surface area contributed by atoms with E-state index < -0.39 is 11.9 Å². The molecular weight excluding hydrogens is 421 g/mol. The third kappa shape index (κ3) is 5.72. The Morgan fingerprint density at radius 1 is 1.10 bits per heavy atom. The number of esters is 1. The van der Waals surface area contributed by atoms with Crippen LogP contribution in [0, 0.1) is 5.92 Å². The SMILES string of the molecule is COC(=O)[C@H]1[C@H](c2ccc(Cl)c(Cl)c2)C[C@H]2CC[C@@H]1N2C.O=C(O)/C=C/C(=O)O. The molecule has 0 amide bonds. The standard InChI is InChI=1S/C16H19Cl2NO2.C4H4O4/c1-19-10-4-6-14(19)15(16(20)21-2)11(8-10)9-3-5-12(17)13(18)7-9;5-3(6)1-2-4(7)8/h3,5,7,10-11,14-15H,4,6,8H2,1-2H3;1-2H,(H,5,6)(H,7,8)/b;2-1+/t10-,11+,14+,15+;/m1./s1. The molecule has 2 aliphatic rings. The number of fused-ring (bicyclic) bond motifs is 2. The van der Waals surface area contributed by atoms with Gasteiger partial charge >= 0.3 is 17.9 Å². The third-order valence-corrected chi connectivity index (χ3v) is 6.22. The molecule has 2 N–H and O–H groups in total. The number of methoxy groups -OCH3 is 1. The molecule has 9 heteroatoms. The van der Waals surface area contributed by atoms with Crippen molar-refractivity contribution in [1.29, 1.82) is 0 Å². The Morgan fingerprint density at radius 2 is 1.72 bits per heavy atom. The van der Waals surface area contributed by atoms with Crippen molar-refractivity contribution in [3.8, 4) is 0 Å². The van der Waals surface area contributed by atoms with Gasteiger partial charge < -0.3 is 14.9 Å². The number of ether oxygens (including phenoxy) is 1. The van der Waals surface area contributed by atoms with Gasteiger partial charge in [-0.1, -0.05) is 29.3 Å². The van der Waals surface area contributed by atoms with Crippen molar-refractivity contribution >= 4 is 41.1 Å². The van der Waals surface area contributed by atoms with E-state index in [-0.39, 0.29) is 23.8 Å². The van der Waals surface area contributed by atoms with Crippen LogP contribution in [0.15, 0.2) is 30.4 Å². The Morgan fingerprint density at radius 3 is 2.24 bits per heavy atom. The number of carbonyl (C=O) groups is 3. The van der Waals surface area contributed by atoms with Gasteiger partial charge in [-0.15, -0.1) is 0 Å². The van der Waals surface area contributed by atoms with E-state index in [2.05, 4.69) is 11.9 Å². The minimum absolute atomic E-state index is 0.122. The summed E-state index contributed by atoms with van der Waals surface area (Å²) in [5.41, 5.74) is 1.09. The molecule has 0 radical (unpaired) electrons. The van der Waals surface area contributed by atoms with Crippen LogP contribution in [0.5, 0.6) is 0 Å². The van der Waals surface area contributed by atoms with Gasteiger partial charge in [-0.2, -0.15) is 0 Å². The van der Waals surface area contributed by atoms with Crippen LogP contribution in [0.3, 0.4) is 0 Å². The maximum absolute atomic E-state index is 12.3. The molecule has 0 saturated carbocycles. The smallest absolute Gasteiger partial charge is 0.328 e. The normalized spacial score (nSPS) is 25.9. The molecule has 0 aromatic heterocycles. The Balaban J connectivity index is 0.000000321. The van der Waals surface area contributed by atoms with E-state index in [1.165, 1.54) is 7.11 Å². The van der Waals surface area contributed by atoms with Gasteiger partial charge in [0.1, 0.15) is 0 Å². The predicted molar refractivity (Wildman–Crippen MR) is 108 cm³/mol. The minimum atomic E-state index is -1.26. The van der Waals surface area contributed by atoms with Crippen LogP contribution >= 0.6 is 23.2 Å². The van der Waals surface area contributed by atoms with Crippen LogP contribution in [0.2, 0.25) is 10.0 Å². The van der Waals surface area contributed by atoms with Gasteiger partial charge in [0.2, 0.25) is 0 Å². The summed E-state index contributed by atoms with van der Waals surface area (Å²) in [6, 6.07) is 6.49. The minimum Gasteiger partial charge on any atom is -0.478 e. The van der Waals surface area contributed by atoms with Gasteiger partial charge in [-0.3, -0.25) is 9.69 Å². The van der Waals surface area contributed by atoms with E-state index in [1.807, 2.05) is 18.2 Å². The molecule has 2 bridgehead atoms. The highest BCUT2D eigenvalue weighted by Gasteiger charge is 2.49. The predicted octanol–water partition coefficient (Wildman–Crippen LogP) is 3.44. The highest BCUT2D eigenvalue weighted by atomic mass is 35.5. The first kappa shape index (κ1) is 23.2. The lowest BCUT2D eigenvalue weighted by atomic mass is 9.76. The fourth-order valence-electron chi connectivity index (χ4n) is 4.15. The molecule has 1 aromatic rings. The average molecular weight is 444 g/mol. The Kier molecular flexibility index (Phi) is 8.07. The third-order valence-electron chi connectivity index (χ3n) is 5.48. The molecule has 1 aromatic carbocycles. The first-order chi connectivity index (χ1) is 13.6. The zero-order valence-corrected chi connectivity index (χ0v) is 17.6. The molecule has 29 heavy (non-hydrogen) atoms. The maximum Gasteiger partial charge on any atom is 0.328 e. The summed E-state index contributed by atoms with van der Waals surface area (Å²) in [6.07, 6.45) is 4.28. The molecule has 3 rings (SSSR count). The summed E-state index contributed by atoms with van der Waals surface area (Å²) in [7, 11) is 3.58. The molecule has 4 atom stereocenters. The monoisotopic (exact) mass is 443 g/mol. The molecule has 0 unspecified atom stereocenters. The molecule has 158 valence electrons. The Hall–Kier alpha value is -2.09. The fourth-order valence-corrected chi connectivity index (χ4v) is 4.46. The lowest BCUT2D eigenvalue weighted by Crippen LogP contribution is -2.49. The molecule has 0 spiro atoms. The Labute approximate surface area is 178 Å². The summed E-state index contributed by atoms with van der Waals surface area (Å²) in [6.45, 7) is 0. The molecule has 2 saturated heterocycles. The van der Waals surface area contributed by atoms with Crippen molar-refractivity contribution in [2.45, 2.75) is 37.3 Å². The number of hydrogen-bond donors (Lipinski definition) is 2. The largest absolute Gasteiger partial charge is 0.478 e. The number of carboxylic acids is 2. The number of carboxylic acid groups (broad SMARTS) is 2. The Bertz CT molecular complexity index is 796. The second-order valence-corrected chi connectivity index (χ2v) is 7.85. The summed E-state index contributed by atoms with van der Waals surface area (Å²) >= 11 is 12.2. The lowest BCUT2D eigenvalue weighted by Gasteiger charge is -2.41. The van der Waals surface area contributed by atoms with E-state index in [0.29, 0.717) is 28.2 Å². The maximum atomic E-state index is 12.3. The number of halogens is 2. The fraction of sp³-hybridized carbons (Fsp3) is 0.450. The van der Waals surface area contributed by atoms with Crippen molar-refractivity contribution in [3.05, 3.63) is 46.0 Å². The van der Waals surface area contributed by atoms with Crippen LogP contribution in [0.25, 0.3) is 0 Å². The molecule has 0 aliphatic carbocycles. The lowest BCUT2D eigenvalue weighted by molar-refractivity contribution is -0.150. The second-order valence-electron chi connectivity index (χ2n) is 7.04. The summed E-state index contributed by atoms with van der Waals surface area (Å²) < 4.78 is 5.07. The van der Waals surface area contributed by atoms with Crippen LogP contribution in [-0.4, -0.2) is 59.3 Å². The number of aliphatic carboxylic acids is 2. The number of carbonyl (C=O) groups excluding carboxylic acids is 1. The van der Waals surface area contributed by atoms with Crippen molar-refractivity contribution in [3.63, 3.8) is 0 Å². The van der Waals surface area contributed by atoms with Gasteiger partial charge in [0.15, 0.2) is 0 Å². The zero-order chi connectivity index (χ0) is 21.7. The zero-order valence-electron chi connectivity index (χ0n) is 16.0. The van der Waals surface area contributed by atoms with Gasteiger partial charge in [0.05, 0.1) is 23.1 Å². The molecule has 7 nitrogen and oxygen atoms in total. The van der Waals surface area contributed by atoms with Gasteiger partial charge in [-0.25, -0.2) is 9.59 Å². The van der Waals surface area contributed by atoms with Crippen LogP contribution in [0.1, 0.15) is 30.7 Å². The van der Waals surface area contributed by atoms with E-state index in [0.717, 1.165) is 24.8 Å². The molecule has 2 fully saturated rings. The summed E-state index contributed by atoms with van der Waals surface area (Å²) in [5.74, 6) is -2.61. The van der Waals surface area contributed by atoms with E-state index in [4.69, 9.17) is 38.2 Å². The number of benzene rings is 1. The number of nitrogens with zero attached hydrogens (tertiary/aromatic N) is 1. The van der Waals surface area contributed by atoms with Gasteiger partial charge in [0.25, 0.3) is 0 Å². The molecular formula is C20H23Cl2NO6. The van der Waals surface area contributed by atoms with Crippen molar-refractivity contribution in [2.75, 3.05) is 14.2 Å². The van der Waals surface area contributed by atoms with Crippen LogP contribution in [0.4, 0.5) is 0 Å². The highest BCUT2D eigenvalue weighted by Crippen LogP contribution is 2.47. The van der Waals surface area contributed by atoms with Crippen molar-refractivity contribution in [1.82, 2.24) is 4.90 Å². The van der Waals surface area contributed by atoms with Crippen LogP contribution in [-0.2, 0) is 19.1 Å². The summed E-state index contributed by atoms with van der Waals surface area (Å²) in [4.78, 5) is 33.8. The van der Waals surface area contributed by atoms with Crippen molar-refractivity contribution < 1.29 is 29.3 Å². The van der Waals surface area contributed by atoms with Crippen LogP contribution < -0.4 is 0 Å². The number of hydrogen-bond acceptors (Lipinski definition) is 5. The summed E-state index contributed by atoms with van der Waals surface area (Å²) in [5, 5.41) is 16.7. The van der Waals surface area contributed by atoms with E-state index in [1.54, 1.807) is 0 Å². The first-order valence-corrected chi connectivity index (χ1v) is 9.80. The average Bonchev–Trinajstić information content (AvgIpc) is 2.90. The highest BCUT2D eigenvalue weighted by molar-refractivity contribution is 6.42. The van der Waals surface area contributed by atoms with Crippen molar-refractivity contribution in [2.24, 2.45) is 5.92 Å². The molecule has 2 aliphatic heterocycles. The van der Waals surface area contributed by atoms with Gasteiger partial charge in [0, 0.05) is 30.2 Å². The number of rotatable bonds is 4. The van der Waals surface area contributed by atoms with E-state index in [9.17, 15) is 14.4 Å². The number of piperidine rings is 1.